The number of esters is 2. The predicted octanol–water partition coefficient (Wildman–Crippen LogP) is 0.314. The SMILES string of the molecule is COC(=O)C(CC(C)C)NP(=O)(NC(CC(C)C)C(=O)OC)OC[C@H]1O[C@H](n2ccc(N)nc2=O)C(C)(O)C1O. The van der Waals surface area contributed by atoms with Crippen molar-refractivity contribution in [1.29, 1.82) is 0 Å². The number of ether oxygens (including phenoxy) is 3. The molecule has 1 aromatic rings. The van der Waals surface area contributed by atoms with Crippen molar-refractivity contribution in [3.8, 4) is 0 Å². The Kier molecular flexibility index (Phi) is 11.8. The Morgan fingerprint density at radius 3 is 2.08 bits per heavy atom. The van der Waals surface area contributed by atoms with Gasteiger partial charge in [-0.2, -0.15) is 4.98 Å². The fourth-order valence-corrected chi connectivity index (χ4v) is 6.14. The van der Waals surface area contributed by atoms with Crippen LogP contribution >= 0.6 is 7.67 Å². The molecule has 4 unspecified atom stereocenters. The van der Waals surface area contributed by atoms with Crippen LogP contribution in [0.4, 0.5) is 5.82 Å². The molecule has 1 saturated heterocycles. The van der Waals surface area contributed by atoms with Crippen LogP contribution in [-0.4, -0.2) is 82.4 Å². The van der Waals surface area contributed by atoms with Gasteiger partial charge in [-0.25, -0.2) is 15.0 Å². The smallest absolute Gasteiger partial charge is 0.351 e. The number of methoxy groups -OCH3 is 2. The van der Waals surface area contributed by atoms with Gasteiger partial charge in [0.15, 0.2) is 6.23 Å². The molecule has 1 fully saturated rings. The standard InChI is InChI=1S/C24H42N5O10P/c1-13(2)10-15(20(31)36-6)27-40(35,28-16(11-14(3)4)21(32)37-7)38-12-17-19(30)24(5,34)22(39-17)29-9-8-18(25)26-23(29)33/h8-9,13-17,19,22,30,34H,10-12H2,1-7H3,(H2,25,26,33)(H2,27,28,35)/t15?,16?,17-,19?,22+,24?,40?/m1/s1. The van der Waals surface area contributed by atoms with E-state index in [2.05, 4.69) is 15.2 Å². The topological polar surface area (TPSA) is 214 Å². The maximum atomic E-state index is 14.2. The van der Waals surface area contributed by atoms with E-state index < -0.39 is 68.0 Å². The third kappa shape index (κ3) is 8.56. The first-order valence-electron chi connectivity index (χ1n) is 12.9. The molecule has 0 aliphatic carbocycles. The molecule has 2 heterocycles. The molecular weight excluding hydrogens is 549 g/mol. The van der Waals surface area contributed by atoms with Crippen molar-refractivity contribution in [3.63, 3.8) is 0 Å². The van der Waals surface area contributed by atoms with Crippen LogP contribution in [0.2, 0.25) is 0 Å². The van der Waals surface area contributed by atoms with E-state index in [1.807, 2.05) is 27.7 Å². The molecule has 1 aliphatic heterocycles. The van der Waals surface area contributed by atoms with Crippen molar-refractivity contribution in [2.75, 3.05) is 26.6 Å². The second-order valence-electron chi connectivity index (χ2n) is 10.8. The number of carbonyl (C=O) groups is 2. The van der Waals surface area contributed by atoms with Gasteiger partial charge in [-0.1, -0.05) is 27.7 Å². The van der Waals surface area contributed by atoms with Gasteiger partial charge in [0, 0.05) is 6.20 Å². The second-order valence-corrected chi connectivity index (χ2v) is 12.6. The van der Waals surface area contributed by atoms with Crippen LogP contribution in [0.25, 0.3) is 0 Å². The number of nitrogens with zero attached hydrogens (tertiary/aromatic N) is 2. The van der Waals surface area contributed by atoms with Gasteiger partial charge < -0.3 is 34.7 Å². The molecule has 0 radical (unpaired) electrons. The van der Waals surface area contributed by atoms with Gasteiger partial charge in [-0.05, 0) is 37.7 Å². The van der Waals surface area contributed by atoms with Crippen LogP contribution in [0.3, 0.4) is 0 Å². The summed E-state index contributed by atoms with van der Waals surface area (Å²) in [5, 5.41) is 27.2. The van der Waals surface area contributed by atoms with Gasteiger partial charge in [0.2, 0.25) is 0 Å². The van der Waals surface area contributed by atoms with Gasteiger partial charge in [0.1, 0.15) is 35.7 Å². The first-order chi connectivity index (χ1) is 18.5. The van der Waals surface area contributed by atoms with Crippen molar-refractivity contribution in [2.45, 2.75) is 83.6 Å². The number of rotatable bonds is 14. The fraction of sp³-hybridized carbons (Fsp3) is 0.750. The minimum atomic E-state index is -4.28. The number of aliphatic hydroxyl groups is 2. The zero-order valence-electron chi connectivity index (χ0n) is 23.9. The number of hydrogen-bond acceptors (Lipinski definition) is 12. The van der Waals surface area contributed by atoms with E-state index in [0.717, 1.165) is 4.57 Å². The Morgan fingerprint density at radius 1 is 1.15 bits per heavy atom. The highest BCUT2D eigenvalue weighted by Gasteiger charge is 2.54. The van der Waals surface area contributed by atoms with E-state index in [1.165, 1.54) is 33.4 Å². The van der Waals surface area contributed by atoms with Crippen LogP contribution < -0.4 is 21.6 Å². The summed E-state index contributed by atoms with van der Waals surface area (Å²) in [5.74, 6) is -1.47. The lowest BCUT2D eigenvalue weighted by molar-refractivity contribution is -0.143. The third-order valence-electron chi connectivity index (χ3n) is 6.32. The predicted molar refractivity (Wildman–Crippen MR) is 144 cm³/mol. The molecule has 16 heteroatoms. The Hall–Kier alpha value is -2.39. The molecule has 0 aromatic carbocycles. The summed E-state index contributed by atoms with van der Waals surface area (Å²) in [7, 11) is -1.91. The van der Waals surface area contributed by atoms with E-state index in [-0.39, 0.29) is 30.5 Å². The van der Waals surface area contributed by atoms with Crippen molar-refractivity contribution < 1.29 is 43.1 Å². The first-order valence-corrected chi connectivity index (χ1v) is 14.5. The molecule has 1 aromatic heterocycles. The number of nitrogens with two attached hydrogens (primary N) is 1. The van der Waals surface area contributed by atoms with E-state index >= 15 is 0 Å². The summed E-state index contributed by atoms with van der Waals surface area (Å²) < 4.78 is 36.3. The maximum absolute atomic E-state index is 14.2. The highest BCUT2D eigenvalue weighted by molar-refractivity contribution is 7.54. The van der Waals surface area contributed by atoms with Gasteiger partial charge >= 0.3 is 25.3 Å². The number of aliphatic hydroxyl groups excluding tert-OH is 1. The number of nitrogens with one attached hydrogen (secondary N) is 2. The van der Waals surface area contributed by atoms with E-state index in [9.17, 15) is 29.2 Å². The summed E-state index contributed by atoms with van der Waals surface area (Å²) in [6.45, 7) is 8.09. The van der Waals surface area contributed by atoms with Crippen molar-refractivity contribution in [3.05, 3.63) is 22.7 Å². The van der Waals surface area contributed by atoms with E-state index in [1.54, 1.807) is 0 Å². The van der Waals surface area contributed by atoms with Crippen LogP contribution in [0.15, 0.2) is 17.1 Å². The minimum absolute atomic E-state index is 0.0141. The molecule has 6 N–H and O–H groups in total. The largest absolute Gasteiger partial charge is 0.468 e. The lowest BCUT2D eigenvalue weighted by atomic mass is 9.96. The van der Waals surface area contributed by atoms with Crippen molar-refractivity contribution >= 4 is 25.4 Å². The Morgan fingerprint density at radius 2 is 1.65 bits per heavy atom. The Labute approximate surface area is 233 Å². The summed E-state index contributed by atoms with van der Waals surface area (Å²) in [4.78, 5) is 41.0. The summed E-state index contributed by atoms with van der Waals surface area (Å²) >= 11 is 0. The second kappa shape index (κ2) is 14.0. The van der Waals surface area contributed by atoms with Crippen LogP contribution in [0.5, 0.6) is 0 Å². The number of nitrogen functional groups attached to an aromatic ring is 1. The number of hydrogen-bond donors (Lipinski definition) is 5. The zero-order valence-corrected chi connectivity index (χ0v) is 24.8. The quantitative estimate of drug-likeness (QED) is 0.146. The monoisotopic (exact) mass is 591 g/mol. The van der Waals surface area contributed by atoms with E-state index in [0.29, 0.717) is 0 Å². The molecule has 15 nitrogen and oxygen atoms in total. The van der Waals surface area contributed by atoms with Gasteiger partial charge in [0.25, 0.3) is 0 Å². The number of aromatic nitrogens is 2. The van der Waals surface area contributed by atoms with Gasteiger partial charge in [-0.3, -0.25) is 18.7 Å². The molecule has 40 heavy (non-hydrogen) atoms. The number of carbonyl (C=O) groups excluding carboxylic acids is 2. The molecule has 0 amide bonds. The molecule has 6 atom stereocenters. The Bertz CT molecular complexity index is 1090. The fourth-order valence-electron chi connectivity index (χ4n) is 4.31. The van der Waals surface area contributed by atoms with Crippen LogP contribution in [0.1, 0.15) is 53.7 Å². The van der Waals surface area contributed by atoms with Gasteiger partial charge in [-0.15, -0.1) is 0 Å². The van der Waals surface area contributed by atoms with Crippen LogP contribution in [-0.2, 0) is 32.9 Å². The lowest BCUT2D eigenvalue weighted by Crippen LogP contribution is -2.47. The summed E-state index contributed by atoms with van der Waals surface area (Å²) in [6.07, 6.45) is -2.57. The summed E-state index contributed by atoms with van der Waals surface area (Å²) in [6, 6.07) is -0.835. The zero-order chi connectivity index (χ0) is 30.4. The molecule has 0 spiro atoms. The maximum Gasteiger partial charge on any atom is 0.351 e. The molecule has 0 saturated carbocycles. The minimum Gasteiger partial charge on any atom is -0.468 e. The van der Waals surface area contributed by atoms with Gasteiger partial charge in [0.05, 0.1) is 20.8 Å². The first kappa shape index (κ1) is 33.8. The normalized spacial score (nSPS) is 25.9. The third-order valence-corrected chi connectivity index (χ3v) is 8.13. The van der Waals surface area contributed by atoms with Crippen molar-refractivity contribution in [1.82, 2.24) is 19.7 Å². The molecular formula is C24H42N5O10P. The number of anilines is 1. The van der Waals surface area contributed by atoms with Crippen LogP contribution in [0, 0.1) is 11.8 Å². The Balaban J connectivity index is 2.38. The molecule has 0 bridgehead atoms. The average Bonchev–Trinajstić information content (AvgIpc) is 3.08. The van der Waals surface area contributed by atoms with Crippen molar-refractivity contribution in [2.24, 2.45) is 11.8 Å². The average molecular weight is 592 g/mol. The highest BCUT2D eigenvalue weighted by atomic mass is 31.2. The van der Waals surface area contributed by atoms with E-state index in [4.69, 9.17) is 24.5 Å². The highest BCUT2D eigenvalue weighted by Crippen LogP contribution is 2.44. The summed E-state index contributed by atoms with van der Waals surface area (Å²) in [5.41, 5.74) is 2.73. The lowest BCUT2D eigenvalue weighted by Gasteiger charge is -2.30. The molecule has 2 rings (SSSR count). The molecule has 228 valence electrons. The molecule has 1 aliphatic rings.